The number of fused-ring (bicyclic) bond motifs is 1. The van der Waals surface area contributed by atoms with E-state index in [0.717, 1.165) is 5.56 Å². The Bertz CT molecular complexity index is 961. The second-order valence-electron chi connectivity index (χ2n) is 5.04. The summed E-state index contributed by atoms with van der Waals surface area (Å²) in [4.78, 5) is 22.1. The third-order valence-electron chi connectivity index (χ3n) is 3.38. The van der Waals surface area contributed by atoms with Crippen molar-refractivity contribution >= 4 is 28.0 Å². The first kappa shape index (κ1) is 14.6. The summed E-state index contributed by atoms with van der Waals surface area (Å²) in [5.74, 6) is -0.224. The van der Waals surface area contributed by atoms with E-state index in [0.29, 0.717) is 11.1 Å². The van der Waals surface area contributed by atoms with Crippen LogP contribution in [0, 0.1) is 17.0 Å². The van der Waals surface area contributed by atoms with Crippen LogP contribution in [-0.4, -0.2) is 10.0 Å². The van der Waals surface area contributed by atoms with Gasteiger partial charge < -0.3 is 14.8 Å². The van der Waals surface area contributed by atoms with Crippen molar-refractivity contribution in [2.24, 2.45) is 0 Å². The fourth-order valence-electron chi connectivity index (χ4n) is 2.22. The standard InChI is InChI=1S/C16H12N2O5/c1-9-2-7-13-12(8-9)15(19)14(16(20)23-13)17-10-3-5-11(6-4-10)18(21)22/h2-8,17,19H,1H3. The molecule has 0 amide bonds. The third-order valence-corrected chi connectivity index (χ3v) is 3.38. The van der Waals surface area contributed by atoms with Crippen LogP contribution in [0.1, 0.15) is 5.56 Å². The number of nitro groups is 1. The zero-order valence-corrected chi connectivity index (χ0v) is 12.1. The molecule has 116 valence electrons. The zero-order valence-electron chi connectivity index (χ0n) is 12.1. The maximum absolute atomic E-state index is 12.0. The summed E-state index contributed by atoms with van der Waals surface area (Å²) < 4.78 is 5.18. The van der Waals surface area contributed by atoms with Gasteiger partial charge in [-0.1, -0.05) is 11.6 Å². The normalized spacial score (nSPS) is 10.7. The minimum atomic E-state index is -0.725. The van der Waals surface area contributed by atoms with Gasteiger partial charge in [0.05, 0.1) is 10.3 Å². The van der Waals surface area contributed by atoms with Crippen molar-refractivity contribution in [1.29, 1.82) is 0 Å². The fourth-order valence-corrected chi connectivity index (χ4v) is 2.22. The molecule has 0 radical (unpaired) electrons. The molecule has 0 aliphatic heterocycles. The maximum Gasteiger partial charge on any atom is 0.364 e. The monoisotopic (exact) mass is 312 g/mol. The van der Waals surface area contributed by atoms with Crippen molar-refractivity contribution < 1.29 is 14.4 Å². The number of aryl methyl sites for hydroxylation is 1. The van der Waals surface area contributed by atoms with Crippen LogP contribution in [0.3, 0.4) is 0 Å². The predicted octanol–water partition coefficient (Wildman–Crippen LogP) is 3.46. The molecule has 23 heavy (non-hydrogen) atoms. The number of nitrogens with zero attached hydrogens (tertiary/aromatic N) is 1. The molecule has 2 aromatic carbocycles. The molecule has 7 nitrogen and oxygen atoms in total. The molecule has 0 aliphatic carbocycles. The first-order chi connectivity index (χ1) is 11.0. The number of rotatable bonds is 3. The summed E-state index contributed by atoms with van der Waals surface area (Å²) in [6.07, 6.45) is 0. The highest BCUT2D eigenvalue weighted by molar-refractivity contribution is 5.89. The van der Waals surface area contributed by atoms with Crippen molar-refractivity contribution in [3.05, 3.63) is 68.6 Å². The van der Waals surface area contributed by atoms with Crippen molar-refractivity contribution in [1.82, 2.24) is 0 Å². The minimum absolute atomic E-state index is 0.0686. The molecule has 0 spiro atoms. The lowest BCUT2D eigenvalue weighted by molar-refractivity contribution is -0.384. The van der Waals surface area contributed by atoms with E-state index in [1.807, 2.05) is 6.92 Å². The van der Waals surface area contributed by atoms with E-state index in [9.17, 15) is 20.0 Å². The van der Waals surface area contributed by atoms with Gasteiger partial charge in [-0.15, -0.1) is 0 Å². The van der Waals surface area contributed by atoms with Crippen LogP contribution in [0.2, 0.25) is 0 Å². The molecule has 0 bridgehead atoms. The molecule has 1 aromatic heterocycles. The van der Waals surface area contributed by atoms with E-state index in [1.165, 1.54) is 24.3 Å². The van der Waals surface area contributed by atoms with Crippen molar-refractivity contribution in [3.8, 4) is 5.75 Å². The smallest absolute Gasteiger partial charge is 0.364 e. The number of hydrogen-bond donors (Lipinski definition) is 2. The Balaban J connectivity index is 2.05. The van der Waals surface area contributed by atoms with Gasteiger partial charge in [-0.05, 0) is 31.2 Å². The van der Waals surface area contributed by atoms with Gasteiger partial charge in [-0.3, -0.25) is 10.1 Å². The second-order valence-corrected chi connectivity index (χ2v) is 5.04. The fraction of sp³-hybridized carbons (Fsp3) is 0.0625. The lowest BCUT2D eigenvalue weighted by Crippen LogP contribution is -2.07. The Labute approximate surface area is 129 Å². The summed E-state index contributed by atoms with van der Waals surface area (Å²) in [6, 6.07) is 10.6. The van der Waals surface area contributed by atoms with E-state index in [-0.39, 0.29) is 22.7 Å². The number of aromatic hydroxyl groups is 1. The molecular formula is C16H12N2O5. The molecule has 3 aromatic rings. The van der Waals surface area contributed by atoms with E-state index < -0.39 is 10.5 Å². The molecule has 0 fully saturated rings. The number of hydrogen-bond acceptors (Lipinski definition) is 6. The van der Waals surface area contributed by atoms with Crippen LogP contribution in [0.25, 0.3) is 11.0 Å². The highest BCUT2D eigenvalue weighted by Crippen LogP contribution is 2.32. The largest absolute Gasteiger partial charge is 0.505 e. The highest BCUT2D eigenvalue weighted by Gasteiger charge is 2.15. The SMILES string of the molecule is Cc1ccc2oc(=O)c(Nc3ccc([N+](=O)[O-])cc3)c(O)c2c1. The molecule has 0 saturated carbocycles. The summed E-state index contributed by atoms with van der Waals surface area (Å²) in [5.41, 5.74) is 0.704. The van der Waals surface area contributed by atoms with E-state index >= 15 is 0 Å². The maximum atomic E-state index is 12.0. The molecule has 0 aliphatic rings. The van der Waals surface area contributed by atoms with Crippen LogP contribution in [0.5, 0.6) is 5.75 Å². The number of non-ortho nitro benzene ring substituents is 1. The summed E-state index contributed by atoms with van der Waals surface area (Å²) in [6.45, 7) is 1.85. The van der Waals surface area contributed by atoms with Gasteiger partial charge in [0, 0.05) is 17.8 Å². The Morgan fingerprint density at radius 3 is 2.52 bits per heavy atom. The number of anilines is 2. The predicted molar refractivity (Wildman–Crippen MR) is 85.3 cm³/mol. The van der Waals surface area contributed by atoms with Crippen molar-refractivity contribution in [2.45, 2.75) is 6.92 Å². The van der Waals surface area contributed by atoms with Crippen LogP contribution >= 0.6 is 0 Å². The number of nitro benzene ring substituents is 1. The number of nitrogens with one attached hydrogen (secondary N) is 1. The van der Waals surface area contributed by atoms with Crippen LogP contribution < -0.4 is 10.9 Å². The van der Waals surface area contributed by atoms with Crippen LogP contribution in [0.15, 0.2) is 51.7 Å². The minimum Gasteiger partial charge on any atom is -0.505 e. The van der Waals surface area contributed by atoms with Gasteiger partial charge in [-0.25, -0.2) is 4.79 Å². The van der Waals surface area contributed by atoms with Crippen molar-refractivity contribution in [3.63, 3.8) is 0 Å². The average molecular weight is 312 g/mol. The first-order valence-electron chi connectivity index (χ1n) is 6.73. The quantitative estimate of drug-likeness (QED) is 0.436. The van der Waals surface area contributed by atoms with Crippen molar-refractivity contribution in [2.75, 3.05) is 5.32 Å². The Morgan fingerprint density at radius 2 is 1.87 bits per heavy atom. The topological polar surface area (TPSA) is 106 Å². The van der Waals surface area contributed by atoms with Gasteiger partial charge in [0.2, 0.25) is 0 Å². The van der Waals surface area contributed by atoms with Gasteiger partial charge in [-0.2, -0.15) is 0 Å². The second kappa shape index (κ2) is 5.45. The summed E-state index contributed by atoms with van der Waals surface area (Å²) >= 11 is 0. The highest BCUT2D eigenvalue weighted by atomic mass is 16.6. The molecule has 0 atom stereocenters. The number of benzene rings is 2. The molecule has 0 unspecified atom stereocenters. The van der Waals surface area contributed by atoms with Crippen LogP contribution in [-0.2, 0) is 0 Å². The van der Waals surface area contributed by atoms with Gasteiger partial charge >= 0.3 is 5.63 Å². The average Bonchev–Trinajstić information content (AvgIpc) is 2.53. The Morgan fingerprint density at radius 1 is 1.17 bits per heavy atom. The zero-order chi connectivity index (χ0) is 16.6. The molecular weight excluding hydrogens is 300 g/mol. The molecule has 1 heterocycles. The Kier molecular flexibility index (Phi) is 3.46. The molecule has 2 N–H and O–H groups in total. The van der Waals surface area contributed by atoms with Gasteiger partial charge in [0.25, 0.3) is 5.69 Å². The Hall–Kier alpha value is -3.35. The van der Waals surface area contributed by atoms with E-state index in [4.69, 9.17) is 4.42 Å². The third kappa shape index (κ3) is 2.71. The van der Waals surface area contributed by atoms with Gasteiger partial charge in [0.15, 0.2) is 11.4 Å². The summed E-state index contributed by atoms with van der Waals surface area (Å²) in [7, 11) is 0. The van der Waals surface area contributed by atoms with E-state index in [1.54, 1.807) is 18.2 Å². The van der Waals surface area contributed by atoms with Crippen LogP contribution in [0.4, 0.5) is 17.1 Å². The lowest BCUT2D eigenvalue weighted by Gasteiger charge is -2.09. The molecule has 3 rings (SSSR count). The first-order valence-corrected chi connectivity index (χ1v) is 6.73. The molecule has 0 saturated heterocycles. The summed E-state index contributed by atoms with van der Waals surface area (Å²) in [5, 5.41) is 24.1. The van der Waals surface area contributed by atoms with E-state index in [2.05, 4.69) is 5.32 Å². The lowest BCUT2D eigenvalue weighted by atomic mass is 10.1. The molecule has 7 heteroatoms. The van der Waals surface area contributed by atoms with Gasteiger partial charge in [0.1, 0.15) is 5.58 Å².